The van der Waals surface area contributed by atoms with Gasteiger partial charge in [-0.3, -0.25) is 19.1 Å². The van der Waals surface area contributed by atoms with Crippen molar-refractivity contribution in [2.45, 2.75) is 44.9 Å². The fourth-order valence-electron chi connectivity index (χ4n) is 3.45. The Labute approximate surface area is 195 Å². The number of esters is 2. The SMILES string of the molecule is CC(C)C(=O)OC[C@@]1(F)O[C@@H](n2ccc(=O)n(COC(=O)c3ccncc3)c2=O)[C@@H]2OC(=O)O[C@@H]21. The number of nitrogens with zero attached hydrogens (tertiary/aromatic N) is 3. The van der Waals surface area contributed by atoms with Crippen LogP contribution in [0.3, 0.4) is 0 Å². The molecular formula is C21H20FN3O10. The van der Waals surface area contributed by atoms with Gasteiger partial charge in [0.15, 0.2) is 25.7 Å². The van der Waals surface area contributed by atoms with Crippen LogP contribution >= 0.6 is 0 Å². The topological polar surface area (TPSA) is 154 Å². The molecule has 186 valence electrons. The highest BCUT2D eigenvalue weighted by Gasteiger charge is 2.65. The molecule has 2 aromatic heterocycles. The number of hydrogen-bond acceptors (Lipinski definition) is 11. The lowest BCUT2D eigenvalue weighted by molar-refractivity contribution is -0.220. The summed E-state index contributed by atoms with van der Waals surface area (Å²) in [5.41, 5.74) is -1.73. The second-order valence-corrected chi connectivity index (χ2v) is 8.00. The summed E-state index contributed by atoms with van der Waals surface area (Å²) in [5, 5.41) is 0. The van der Waals surface area contributed by atoms with Gasteiger partial charge in [0.1, 0.15) is 0 Å². The molecule has 14 heteroatoms. The van der Waals surface area contributed by atoms with Gasteiger partial charge in [0.25, 0.3) is 11.4 Å². The molecule has 4 heterocycles. The predicted molar refractivity (Wildman–Crippen MR) is 110 cm³/mol. The molecule has 0 bridgehead atoms. The largest absolute Gasteiger partial charge is 0.509 e. The van der Waals surface area contributed by atoms with E-state index in [2.05, 4.69) is 4.98 Å². The van der Waals surface area contributed by atoms with Gasteiger partial charge in [-0.05, 0) is 12.1 Å². The molecule has 0 N–H and O–H groups in total. The average molecular weight is 493 g/mol. The van der Waals surface area contributed by atoms with Crippen LogP contribution in [0, 0.1) is 5.92 Å². The minimum atomic E-state index is -2.83. The summed E-state index contributed by atoms with van der Waals surface area (Å²) in [6.07, 6.45) is -2.16. The highest BCUT2D eigenvalue weighted by Crippen LogP contribution is 2.44. The van der Waals surface area contributed by atoms with Crippen LogP contribution in [0.2, 0.25) is 0 Å². The van der Waals surface area contributed by atoms with Crippen molar-refractivity contribution in [1.82, 2.24) is 14.1 Å². The first-order valence-corrected chi connectivity index (χ1v) is 10.4. The molecule has 4 atom stereocenters. The summed E-state index contributed by atoms with van der Waals surface area (Å²) in [7, 11) is 0. The van der Waals surface area contributed by atoms with Crippen LogP contribution in [0.15, 0.2) is 46.4 Å². The van der Waals surface area contributed by atoms with Crippen LogP contribution in [-0.2, 0) is 35.2 Å². The van der Waals surface area contributed by atoms with Gasteiger partial charge < -0.3 is 23.7 Å². The summed E-state index contributed by atoms with van der Waals surface area (Å²) in [4.78, 5) is 64.7. The maximum absolute atomic E-state index is 15.6. The minimum Gasteiger partial charge on any atom is -0.459 e. The van der Waals surface area contributed by atoms with Crippen LogP contribution < -0.4 is 11.2 Å². The van der Waals surface area contributed by atoms with E-state index in [4.69, 9.17) is 23.7 Å². The lowest BCUT2D eigenvalue weighted by atomic mass is 10.1. The molecule has 0 saturated carbocycles. The molecule has 2 fully saturated rings. The van der Waals surface area contributed by atoms with Crippen LogP contribution in [0.4, 0.5) is 9.18 Å². The maximum Gasteiger partial charge on any atom is 0.509 e. The third-order valence-corrected chi connectivity index (χ3v) is 5.27. The van der Waals surface area contributed by atoms with E-state index in [9.17, 15) is 24.0 Å². The molecule has 0 aliphatic carbocycles. The second-order valence-electron chi connectivity index (χ2n) is 8.00. The number of hydrogen-bond donors (Lipinski definition) is 0. The van der Waals surface area contributed by atoms with E-state index in [0.717, 1.165) is 16.8 Å². The summed E-state index contributed by atoms with van der Waals surface area (Å²) in [6, 6.07) is 3.71. The first kappa shape index (κ1) is 24.1. The Morgan fingerprint density at radius 1 is 1.14 bits per heavy atom. The van der Waals surface area contributed by atoms with Crippen LogP contribution in [0.1, 0.15) is 30.4 Å². The second kappa shape index (κ2) is 9.29. The van der Waals surface area contributed by atoms with Crippen molar-refractivity contribution < 1.29 is 42.5 Å². The number of alkyl halides is 1. The average Bonchev–Trinajstić information content (AvgIpc) is 3.34. The molecule has 0 unspecified atom stereocenters. The van der Waals surface area contributed by atoms with E-state index in [-0.39, 0.29) is 5.56 Å². The number of aromatic nitrogens is 3. The van der Waals surface area contributed by atoms with Crippen molar-refractivity contribution in [3.8, 4) is 0 Å². The van der Waals surface area contributed by atoms with Gasteiger partial charge >= 0.3 is 23.8 Å². The van der Waals surface area contributed by atoms with Gasteiger partial charge in [-0.25, -0.2) is 23.3 Å². The summed E-state index contributed by atoms with van der Waals surface area (Å²) >= 11 is 0. The van der Waals surface area contributed by atoms with Crippen molar-refractivity contribution >= 4 is 18.1 Å². The molecule has 0 amide bonds. The summed E-state index contributed by atoms with van der Waals surface area (Å²) in [5.74, 6) is -4.94. The molecule has 2 saturated heterocycles. The normalized spacial score (nSPS) is 25.0. The summed E-state index contributed by atoms with van der Waals surface area (Å²) in [6.45, 7) is 1.38. The Balaban J connectivity index is 1.59. The molecule has 2 aliphatic heterocycles. The third kappa shape index (κ3) is 4.64. The standard InChI is InChI=1S/C21H20FN3O10/c1-11(2)17(27)31-9-21(22)15-14(33-20(30)34-15)16(35-21)24-8-5-13(26)25(19(24)29)10-32-18(28)12-3-6-23-7-4-12/h3-8,11,14-16H,9-10H2,1-2H3/t14-,15+,16-,21-/m1/s1. The van der Waals surface area contributed by atoms with Crippen molar-refractivity contribution in [1.29, 1.82) is 0 Å². The van der Waals surface area contributed by atoms with Gasteiger partial charge in [-0.1, -0.05) is 13.8 Å². The maximum atomic E-state index is 15.6. The molecular weight excluding hydrogens is 473 g/mol. The van der Waals surface area contributed by atoms with E-state index >= 15 is 4.39 Å². The lowest BCUT2D eigenvalue weighted by Gasteiger charge is -2.24. The zero-order valence-electron chi connectivity index (χ0n) is 18.5. The van der Waals surface area contributed by atoms with Gasteiger partial charge in [0, 0.05) is 24.7 Å². The fourth-order valence-corrected chi connectivity index (χ4v) is 3.45. The zero-order chi connectivity index (χ0) is 25.3. The van der Waals surface area contributed by atoms with Crippen molar-refractivity contribution in [2.75, 3.05) is 6.61 Å². The molecule has 4 rings (SSSR count). The summed E-state index contributed by atoms with van der Waals surface area (Å²) < 4.78 is 42.1. The molecule has 13 nitrogen and oxygen atoms in total. The highest BCUT2D eigenvalue weighted by molar-refractivity contribution is 5.88. The van der Waals surface area contributed by atoms with E-state index in [1.165, 1.54) is 38.4 Å². The smallest absolute Gasteiger partial charge is 0.459 e. The molecule has 2 aliphatic rings. The quantitative estimate of drug-likeness (QED) is 0.392. The Kier molecular flexibility index (Phi) is 6.39. The number of carbonyl (C=O) groups is 3. The van der Waals surface area contributed by atoms with Crippen molar-refractivity contribution in [2.24, 2.45) is 5.92 Å². The van der Waals surface area contributed by atoms with E-state index < -0.39 is 72.9 Å². The van der Waals surface area contributed by atoms with E-state index in [0.29, 0.717) is 4.57 Å². The monoisotopic (exact) mass is 493 g/mol. The first-order chi connectivity index (χ1) is 16.6. The van der Waals surface area contributed by atoms with Gasteiger partial charge in [0.05, 0.1) is 11.5 Å². The number of pyridine rings is 1. The number of fused-ring (bicyclic) bond motifs is 1. The van der Waals surface area contributed by atoms with Gasteiger partial charge in [-0.15, -0.1) is 0 Å². The van der Waals surface area contributed by atoms with Crippen LogP contribution in [0.25, 0.3) is 0 Å². The first-order valence-electron chi connectivity index (χ1n) is 10.4. The number of carbonyl (C=O) groups excluding carboxylic acids is 3. The number of halogens is 1. The lowest BCUT2D eigenvalue weighted by Crippen LogP contribution is -2.43. The van der Waals surface area contributed by atoms with E-state index in [1.807, 2.05) is 0 Å². The third-order valence-electron chi connectivity index (χ3n) is 5.27. The Morgan fingerprint density at radius 3 is 2.54 bits per heavy atom. The Morgan fingerprint density at radius 2 is 1.86 bits per heavy atom. The van der Waals surface area contributed by atoms with Crippen molar-refractivity contribution in [3.05, 3.63) is 63.2 Å². The van der Waals surface area contributed by atoms with Crippen molar-refractivity contribution in [3.63, 3.8) is 0 Å². The number of rotatable bonds is 7. The highest BCUT2D eigenvalue weighted by atomic mass is 19.2. The molecule has 0 spiro atoms. The molecule has 0 radical (unpaired) electrons. The number of ether oxygens (including phenoxy) is 5. The minimum absolute atomic E-state index is 0.138. The molecule has 2 aromatic rings. The molecule has 35 heavy (non-hydrogen) atoms. The van der Waals surface area contributed by atoms with Gasteiger partial charge in [0.2, 0.25) is 6.10 Å². The van der Waals surface area contributed by atoms with Crippen LogP contribution in [-0.4, -0.2) is 56.9 Å². The van der Waals surface area contributed by atoms with Gasteiger partial charge in [-0.2, -0.15) is 0 Å². The molecule has 0 aromatic carbocycles. The predicted octanol–water partition coefficient (Wildman–Crippen LogP) is 0.517. The van der Waals surface area contributed by atoms with Crippen LogP contribution in [0.5, 0.6) is 0 Å². The van der Waals surface area contributed by atoms with E-state index in [1.54, 1.807) is 0 Å². The Bertz CT molecular complexity index is 1260. The Hall–Kier alpha value is -4.07. The fraction of sp³-hybridized carbons (Fsp3) is 0.429. The zero-order valence-corrected chi connectivity index (χ0v) is 18.5.